The molecule has 0 bridgehead atoms. The second kappa shape index (κ2) is 10.7. The number of esters is 1. The summed E-state index contributed by atoms with van der Waals surface area (Å²) in [6.45, 7) is -0.271. The van der Waals surface area contributed by atoms with Gasteiger partial charge in [0.05, 0.1) is 42.8 Å². The SMILES string of the molecule is COC(=O)C1=C(Nc2cccc(C(=O)O)c2Nc2ccccc2-c2ccccc2)C(=O)N(CCO)C1. The van der Waals surface area contributed by atoms with Crippen molar-refractivity contribution in [2.45, 2.75) is 0 Å². The van der Waals surface area contributed by atoms with Crippen LogP contribution in [0.15, 0.2) is 84.1 Å². The smallest absolute Gasteiger partial charge is 0.337 e. The summed E-state index contributed by atoms with van der Waals surface area (Å²) in [6, 6.07) is 21.7. The zero-order valence-corrected chi connectivity index (χ0v) is 19.5. The highest BCUT2D eigenvalue weighted by molar-refractivity contribution is 6.10. The number of para-hydroxylation sites is 2. The highest BCUT2D eigenvalue weighted by Crippen LogP contribution is 2.36. The molecule has 0 radical (unpaired) electrons. The molecule has 0 saturated carbocycles. The number of aromatic carboxylic acids is 1. The minimum absolute atomic E-state index is 0.0271. The lowest BCUT2D eigenvalue weighted by molar-refractivity contribution is -0.136. The fourth-order valence-corrected chi connectivity index (χ4v) is 4.05. The number of β-amino-alcohol motifs (C(OH)–C–C–N with tert-alkyl or cyclic N) is 1. The Morgan fingerprint density at radius 2 is 1.64 bits per heavy atom. The lowest BCUT2D eigenvalue weighted by Gasteiger charge is -2.19. The molecule has 4 N–H and O–H groups in total. The molecule has 1 aliphatic rings. The Labute approximate surface area is 207 Å². The van der Waals surface area contributed by atoms with Crippen molar-refractivity contribution >= 4 is 34.9 Å². The van der Waals surface area contributed by atoms with Crippen LogP contribution >= 0.6 is 0 Å². The van der Waals surface area contributed by atoms with Gasteiger partial charge in [0.2, 0.25) is 0 Å². The highest BCUT2D eigenvalue weighted by atomic mass is 16.5. The molecule has 0 aliphatic carbocycles. The molecule has 0 unspecified atom stereocenters. The van der Waals surface area contributed by atoms with Crippen molar-refractivity contribution in [2.24, 2.45) is 0 Å². The number of carbonyl (C=O) groups is 3. The van der Waals surface area contributed by atoms with Crippen molar-refractivity contribution in [3.8, 4) is 11.1 Å². The van der Waals surface area contributed by atoms with Crippen molar-refractivity contribution in [3.63, 3.8) is 0 Å². The van der Waals surface area contributed by atoms with Gasteiger partial charge in [-0.15, -0.1) is 0 Å². The molecule has 0 atom stereocenters. The molecular weight excluding hydrogens is 462 g/mol. The average molecular weight is 488 g/mol. The number of amides is 1. The molecule has 3 aromatic carbocycles. The first kappa shape index (κ1) is 24.5. The Morgan fingerprint density at radius 3 is 2.33 bits per heavy atom. The van der Waals surface area contributed by atoms with Gasteiger partial charge in [0, 0.05) is 17.8 Å². The van der Waals surface area contributed by atoms with E-state index in [0.29, 0.717) is 5.69 Å². The summed E-state index contributed by atoms with van der Waals surface area (Å²) in [5.74, 6) is -2.36. The number of methoxy groups -OCH3 is 1. The fourth-order valence-electron chi connectivity index (χ4n) is 4.05. The van der Waals surface area contributed by atoms with Gasteiger partial charge in [-0.05, 0) is 23.8 Å². The number of aliphatic hydroxyl groups is 1. The number of hydrogen-bond donors (Lipinski definition) is 4. The third kappa shape index (κ3) is 4.91. The van der Waals surface area contributed by atoms with Gasteiger partial charge >= 0.3 is 11.9 Å². The second-order valence-corrected chi connectivity index (χ2v) is 7.99. The predicted molar refractivity (Wildman–Crippen MR) is 135 cm³/mol. The number of hydrogen-bond acceptors (Lipinski definition) is 7. The van der Waals surface area contributed by atoms with Crippen LogP contribution in [0.4, 0.5) is 17.1 Å². The van der Waals surface area contributed by atoms with Crippen LogP contribution in [0.5, 0.6) is 0 Å². The van der Waals surface area contributed by atoms with Crippen LogP contribution in [0, 0.1) is 0 Å². The normalized spacial score (nSPS) is 13.1. The first-order valence-electron chi connectivity index (χ1n) is 11.2. The third-order valence-corrected chi connectivity index (χ3v) is 5.78. The van der Waals surface area contributed by atoms with Crippen molar-refractivity contribution in [3.05, 3.63) is 89.6 Å². The van der Waals surface area contributed by atoms with Crippen LogP contribution in [0.3, 0.4) is 0 Å². The van der Waals surface area contributed by atoms with Crippen LogP contribution in [-0.4, -0.2) is 59.8 Å². The van der Waals surface area contributed by atoms with E-state index in [4.69, 9.17) is 4.74 Å². The number of benzene rings is 3. The van der Waals surface area contributed by atoms with Gasteiger partial charge < -0.3 is 30.5 Å². The summed E-state index contributed by atoms with van der Waals surface area (Å²) >= 11 is 0. The molecule has 1 aliphatic heterocycles. The molecule has 4 rings (SSSR count). The highest BCUT2D eigenvalue weighted by Gasteiger charge is 2.35. The van der Waals surface area contributed by atoms with Crippen molar-refractivity contribution < 1.29 is 29.3 Å². The summed E-state index contributed by atoms with van der Waals surface area (Å²) in [5.41, 5.74) is 2.98. The van der Waals surface area contributed by atoms with Gasteiger partial charge in [-0.25, -0.2) is 9.59 Å². The molecule has 0 aromatic heterocycles. The van der Waals surface area contributed by atoms with E-state index in [1.54, 1.807) is 12.1 Å². The summed E-state index contributed by atoms with van der Waals surface area (Å²) < 4.78 is 4.84. The lowest BCUT2D eigenvalue weighted by Crippen LogP contribution is -2.31. The Hall–Kier alpha value is -4.63. The minimum atomic E-state index is -1.17. The molecule has 184 valence electrons. The Kier molecular flexibility index (Phi) is 7.31. The number of nitrogens with one attached hydrogen (secondary N) is 2. The van der Waals surface area contributed by atoms with Crippen LogP contribution in [-0.2, 0) is 14.3 Å². The van der Waals surface area contributed by atoms with E-state index in [1.165, 1.54) is 18.1 Å². The van der Waals surface area contributed by atoms with Crippen LogP contribution in [0.2, 0.25) is 0 Å². The molecule has 9 nitrogen and oxygen atoms in total. The minimum Gasteiger partial charge on any atom is -0.478 e. The summed E-state index contributed by atoms with van der Waals surface area (Å²) in [6.07, 6.45) is 0. The first-order valence-corrected chi connectivity index (χ1v) is 11.2. The van der Waals surface area contributed by atoms with Gasteiger partial charge in [0.1, 0.15) is 5.70 Å². The van der Waals surface area contributed by atoms with E-state index in [1.807, 2.05) is 54.6 Å². The predicted octanol–water partition coefficient (Wildman–Crippen LogP) is 3.47. The fraction of sp³-hybridized carbons (Fsp3) is 0.148. The van der Waals surface area contributed by atoms with E-state index in [2.05, 4.69) is 10.6 Å². The van der Waals surface area contributed by atoms with E-state index in [0.717, 1.165) is 11.1 Å². The quantitative estimate of drug-likeness (QED) is 0.338. The van der Waals surface area contributed by atoms with Crippen molar-refractivity contribution in [1.29, 1.82) is 0 Å². The maximum absolute atomic E-state index is 13.0. The number of ether oxygens (including phenoxy) is 1. The Bertz CT molecular complexity index is 1340. The zero-order valence-electron chi connectivity index (χ0n) is 19.5. The summed E-state index contributed by atoms with van der Waals surface area (Å²) in [5, 5.41) is 25.4. The maximum Gasteiger partial charge on any atom is 0.337 e. The molecular formula is C27H25N3O6. The van der Waals surface area contributed by atoms with E-state index >= 15 is 0 Å². The number of aliphatic hydroxyl groups excluding tert-OH is 1. The van der Waals surface area contributed by atoms with Gasteiger partial charge in [0.25, 0.3) is 5.91 Å². The molecule has 0 spiro atoms. The van der Waals surface area contributed by atoms with Gasteiger partial charge in [-0.1, -0.05) is 54.6 Å². The molecule has 0 fully saturated rings. The monoisotopic (exact) mass is 487 g/mol. The standard InChI is InChI=1S/C27H25N3O6/c1-36-27(35)20-16-30(14-15-31)25(32)24(20)29-22-13-7-11-19(26(33)34)23(22)28-21-12-6-5-10-18(21)17-8-3-2-4-9-17/h2-13,28-29,31H,14-16H2,1H3,(H,33,34). The summed E-state index contributed by atoms with van der Waals surface area (Å²) in [7, 11) is 1.21. The zero-order chi connectivity index (χ0) is 25.7. The average Bonchev–Trinajstić information content (AvgIpc) is 3.20. The molecule has 0 saturated heterocycles. The number of rotatable bonds is 9. The molecule has 1 amide bonds. The van der Waals surface area contributed by atoms with Crippen molar-refractivity contribution in [1.82, 2.24) is 4.90 Å². The number of carboxylic acid groups (broad SMARTS) is 1. The number of anilines is 3. The molecule has 3 aromatic rings. The van der Waals surface area contributed by atoms with E-state index in [-0.39, 0.29) is 47.9 Å². The van der Waals surface area contributed by atoms with Crippen molar-refractivity contribution in [2.75, 3.05) is 37.4 Å². The third-order valence-electron chi connectivity index (χ3n) is 5.78. The van der Waals surface area contributed by atoms with Crippen LogP contribution in [0.1, 0.15) is 10.4 Å². The number of nitrogens with zero attached hydrogens (tertiary/aromatic N) is 1. The van der Waals surface area contributed by atoms with E-state index in [9.17, 15) is 24.6 Å². The Balaban J connectivity index is 1.79. The summed E-state index contributed by atoms with van der Waals surface area (Å²) in [4.78, 5) is 38.8. The second-order valence-electron chi connectivity index (χ2n) is 7.99. The maximum atomic E-state index is 13.0. The number of carboxylic acids is 1. The van der Waals surface area contributed by atoms with Crippen LogP contribution < -0.4 is 10.6 Å². The largest absolute Gasteiger partial charge is 0.478 e. The first-order chi connectivity index (χ1) is 17.4. The molecule has 36 heavy (non-hydrogen) atoms. The van der Waals surface area contributed by atoms with Crippen LogP contribution in [0.25, 0.3) is 11.1 Å². The van der Waals surface area contributed by atoms with Gasteiger partial charge in [-0.2, -0.15) is 0 Å². The Morgan fingerprint density at radius 1 is 0.944 bits per heavy atom. The van der Waals surface area contributed by atoms with Gasteiger partial charge in [-0.3, -0.25) is 4.79 Å². The van der Waals surface area contributed by atoms with E-state index < -0.39 is 17.8 Å². The molecule has 1 heterocycles. The molecule has 9 heteroatoms. The van der Waals surface area contributed by atoms with Gasteiger partial charge in [0.15, 0.2) is 0 Å². The lowest BCUT2D eigenvalue weighted by atomic mass is 10.0. The number of carbonyl (C=O) groups excluding carboxylic acids is 2. The topological polar surface area (TPSA) is 128 Å².